The largest absolute Gasteiger partial charge is 0.508 e. The first-order valence-corrected chi connectivity index (χ1v) is 49.6. The van der Waals surface area contributed by atoms with Crippen molar-refractivity contribution in [1.29, 1.82) is 10.8 Å². The molecule has 1 aromatic heterocycles. The number of amides is 17. The second-order valence-corrected chi connectivity index (χ2v) is 38.2. The molecule has 7 aromatic rings. The summed E-state index contributed by atoms with van der Waals surface area (Å²) in [5, 5.41) is 101. The Labute approximate surface area is 863 Å². The fourth-order valence-corrected chi connectivity index (χ4v) is 16.7. The predicted molar refractivity (Wildman–Crippen MR) is 552 cm³/mol. The summed E-state index contributed by atoms with van der Waals surface area (Å²) in [6.45, 7) is 14.2. The highest BCUT2D eigenvalue weighted by Crippen LogP contribution is 2.25. The molecule has 2 heterocycles. The number of hydrogen-bond donors (Lipinski definition) is 27. The second kappa shape index (κ2) is 57.5. The number of nitrogens with zero attached hydrogens (tertiary/aromatic N) is 1. The van der Waals surface area contributed by atoms with Gasteiger partial charge >= 0.3 is 0 Å². The number of nitrogens with two attached hydrogens (primary N) is 4. The van der Waals surface area contributed by atoms with E-state index in [1.54, 1.807) is 116 Å². The highest BCUT2D eigenvalue weighted by Gasteiger charge is 2.43. The fraction of sp³-hybridized carbons (Fsp3) is 0.452. The van der Waals surface area contributed by atoms with Gasteiger partial charge in [0.2, 0.25) is 100 Å². The number of aromatic amines is 1. The van der Waals surface area contributed by atoms with Gasteiger partial charge in [0.05, 0.1) is 6.42 Å². The number of phenols is 4. The Balaban J connectivity index is 1.23. The molecular formula is C104H142N24O21. The van der Waals surface area contributed by atoms with Gasteiger partial charge in [0, 0.05) is 82.2 Å². The number of guanidine groups is 2. The van der Waals surface area contributed by atoms with Crippen molar-refractivity contribution in [2.75, 3.05) is 20.1 Å². The number of hydrogen-bond acceptors (Lipinski definition) is 23. The van der Waals surface area contributed by atoms with Gasteiger partial charge in [-0.05, 0) is 157 Å². The number of nitrogens with one attached hydrogen (secondary N) is 19. The minimum Gasteiger partial charge on any atom is -0.508 e. The molecule has 1 aliphatic rings. The Bertz CT molecular complexity index is 5810. The topological polar surface area (TPSA) is 734 Å². The van der Waals surface area contributed by atoms with Crippen molar-refractivity contribution >= 4 is 123 Å². The van der Waals surface area contributed by atoms with Crippen molar-refractivity contribution in [1.82, 2.24) is 95.0 Å². The van der Waals surface area contributed by atoms with E-state index in [0.29, 0.717) is 38.7 Å². The molecule has 1 aliphatic heterocycles. The molecule has 0 bridgehead atoms. The number of likely N-dealkylation sites (N-methyl/N-ethyl adjacent to an activating group) is 1. The number of carbonyl (C=O) groups excluding carboxylic acids is 17. The van der Waals surface area contributed by atoms with Crippen molar-refractivity contribution in [3.05, 3.63) is 191 Å². The van der Waals surface area contributed by atoms with E-state index in [0.717, 1.165) is 4.90 Å². The van der Waals surface area contributed by atoms with Gasteiger partial charge in [0.25, 0.3) is 0 Å². The van der Waals surface area contributed by atoms with Crippen molar-refractivity contribution < 1.29 is 102 Å². The lowest BCUT2D eigenvalue weighted by Crippen LogP contribution is -2.63. The molecule has 149 heavy (non-hydrogen) atoms. The minimum absolute atomic E-state index is 0.00785. The molecule has 17 amide bonds. The minimum atomic E-state index is -1.98. The SMILES string of the molecule is CC[C@H](C)[C@@H]1NC(=O)[C@H](Cc2ccc(O)cc2)NC(=O)[C@H](Cc2ccc(O)cc2)NC(=O)[C@H](CC(N)=O)NC(=O)[C@H](Cc2c[nH]c3ccccc23)NC(=O)[C@H](C(C)C)NC(=O)[C@H](Cc2ccccc2)NC(=O)[C@H](C(C)C)NC(=O)[C@H](C)NC(=O)CCC[C@@H](C(N)=O)NC(=O)[C@H](Cc2ccc(O)cc2)N(C)C(=O)[C@H](Cc2ccc(O)cc2)NC(=O)[C@H](CCCNC(=N)N)NC(=O)[C@H](CCCNC(=N)N)NC(=O)[C@H]([C@@H](C)CC)NC1=O. The molecule has 804 valence electrons. The first-order chi connectivity index (χ1) is 70.7. The van der Waals surface area contributed by atoms with E-state index in [9.17, 15) is 44.4 Å². The van der Waals surface area contributed by atoms with Crippen LogP contribution in [0.25, 0.3) is 10.9 Å². The number of para-hydroxylation sites is 1. The van der Waals surface area contributed by atoms with Gasteiger partial charge in [-0.1, -0.05) is 165 Å². The average Bonchev–Trinajstić information content (AvgIpc) is 1.75. The summed E-state index contributed by atoms with van der Waals surface area (Å²) < 4.78 is 0. The van der Waals surface area contributed by atoms with Gasteiger partial charge in [-0.25, -0.2) is 0 Å². The second-order valence-electron chi connectivity index (χ2n) is 38.2. The van der Waals surface area contributed by atoms with E-state index >= 15 is 57.5 Å². The van der Waals surface area contributed by atoms with Crippen LogP contribution in [-0.4, -0.2) is 253 Å². The zero-order chi connectivity index (χ0) is 110. The molecule has 6 aromatic carbocycles. The molecule has 0 aliphatic carbocycles. The molecule has 17 atom stereocenters. The average molecular weight is 2060 g/mol. The van der Waals surface area contributed by atoms with E-state index in [2.05, 4.69) is 90.1 Å². The zero-order valence-electron chi connectivity index (χ0n) is 85.2. The maximum absolute atomic E-state index is 15.6. The van der Waals surface area contributed by atoms with Crippen LogP contribution < -0.4 is 108 Å². The molecule has 31 N–H and O–H groups in total. The number of phenolic OH excluding ortho intramolecular Hbond substituents is 4. The van der Waals surface area contributed by atoms with Crippen LogP contribution in [0.3, 0.4) is 0 Å². The number of aromatic hydroxyl groups is 4. The van der Waals surface area contributed by atoms with Gasteiger partial charge in [0.1, 0.15) is 114 Å². The summed E-state index contributed by atoms with van der Waals surface area (Å²) in [6, 6.07) is 13.1. The third-order valence-electron chi connectivity index (χ3n) is 25.8. The Morgan fingerprint density at radius 3 is 1.17 bits per heavy atom. The molecule has 0 saturated carbocycles. The number of primary amides is 2. The number of carbonyl (C=O) groups is 17. The van der Waals surface area contributed by atoms with Crippen molar-refractivity contribution in [3.63, 3.8) is 0 Å². The lowest BCUT2D eigenvalue weighted by molar-refractivity contribution is -0.143. The summed E-state index contributed by atoms with van der Waals surface area (Å²) in [6.07, 6.45) is -2.59. The summed E-state index contributed by atoms with van der Waals surface area (Å²) in [5.74, 6) is -21.8. The van der Waals surface area contributed by atoms with E-state index in [1.165, 1.54) is 111 Å². The van der Waals surface area contributed by atoms with Crippen molar-refractivity contribution in [2.45, 2.75) is 256 Å². The molecule has 45 nitrogen and oxygen atoms in total. The maximum atomic E-state index is 15.6. The van der Waals surface area contributed by atoms with Crippen LogP contribution in [0.4, 0.5) is 0 Å². The van der Waals surface area contributed by atoms with Crippen LogP contribution in [-0.2, 0) is 120 Å². The van der Waals surface area contributed by atoms with Crippen molar-refractivity contribution in [2.24, 2.45) is 46.6 Å². The molecule has 0 spiro atoms. The highest BCUT2D eigenvalue weighted by atomic mass is 16.3. The number of fused-ring (bicyclic) bond motifs is 1. The molecule has 8 rings (SSSR count). The molecular weight excluding hydrogens is 1920 g/mol. The zero-order valence-corrected chi connectivity index (χ0v) is 85.2. The van der Waals surface area contributed by atoms with E-state index in [-0.39, 0.29) is 119 Å². The summed E-state index contributed by atoms with van der Waals surface area (Å²) in [7, 11) is 1.23. The summed E-state index contributed by atoms with van der Waals surface area (Å²) in [5.41, 5.74) is 26.1. The maximum Gasteiger partial charge on any atom is 0.245 e. The molecule has 0 unspecified atom stereocenters. The Morgan fingerprint density at radius 1 is 0.389 bits per heavy atom. The van der Waals surface area contributed by atoms with Gasteiger partial charge in [-0.15, -0.1) is 0 Å². The molecule has 45 heteroatoms. The van der Waals surface area contributed by atoms with Gasteiger partial charge < -0.3 is 138 Å². The lowest BCUT2D eigenvalue weighted by atomic mass is 9.94. The Morgan fingerprint density at radius 2 is 0.732 bits per heavy atom. The van der Waals surface area contributed by atoms with Crippen LogP contribution >= 0.6 is 0 Å². The third-order valence-corrected chi connectivity index (χ3v) is 25.8. The predicted octanol–water partition coefficient (Wildman–Crippen LogP) is -0.144. The first-order valence-electron chi connectivity index (χ1n) is 49.6. The van der Waals surface area contributed by atoms with Crippen LogP contribution in [0.15, 0.2) is 158 Å². The van der Waals surface area contributed by atoms with Gasteiger partial charge in [-0.2, -0.15) is 0 Å². The smallest absolute Gasteiger partial charge is 0.245 e. The first kappa shape index (κ1) is 118. The number of aromatic nitrogens is 1. The van der Waals surface area contributed by atoms with Crippen LogP contribution in [0.2, 0.25) is 0 Å². The number of benzene rings is 6. The Hall–Kier alpha value is -16.4. The monoisotopic (exact) mass is 2060 g/mol. The number of H-pyrrole nitrogens is 1. The van der Waals surface area contributed by atoms with Crippen LogP contribution in [0.1, 0.15) is 160 Å². The third kappa shape index (κ3) is 37.2. The standard InChI is InChI=1S/C104H142N24O21/c1-11-57(7)86-100(147)117-74(27-20-46-112-104(109)110)90(137)116-73(26-19-45-111-103(107)108)91(138)123-80(50-63-33-41-68(131)42-34-63)102(149)128(10)81(51-64-35-43-69(132)44-36-64)97(144)115-72(88(106)135)25-18-28-83(134)114-59(9)89(136)124-84(55(3)4)98(145)121-77(47-60-21-14-13-15-22-60)95(142)125-85(56(5)6)99(146)122-78(52-65-54-113-71-24-17-16-23-70(65)71)93(140)120-79(53-82(105)133)94(141)118-75(48-61-29-37-66(129)38-30-61)92(139)119-76(49-62-31-39-67(130)40-32-62)96(143)126-87(58(8)12-2)101(148)127-86/h13-17,21-24,29-44,54-59,72-81,84-87,113,129-132H,11-12,18-20,25-28,45-53H2,1-10H3,(H2,105,133)(H2,106,135)(H,114,134)(H,115,144)(H,116,137)(H,117,147)(H,118,141)(H,119,139)(H,120,140)(H,121,145)(H,122,146)(H,123,138)(H,124,136)(H,125,142)(H,126,143)(H,127,148)(H4,107,108,111)(H4,109,110,112)/t57-,58-,59-,72-,73-,74-,75-,76-,77-,78-,79-,80-,81-,84-,85-,86-,87-/m0/s1. The van der Waals surface area contributed by atoms with E-state index < -0.39 is 252 Å². The molecule has 1 saturated heterocycles. The quantitative estimate of drug-likeness (QED) is 0.0165. The van der Waals surface area contributed by atoms with Crippen molar-refractivity contribution in [3.8, 4) is 23.0 Å². The molecule has 1 fully saturated rings. The lowest BCUT2D eigenvalue weighted by Gasteiger charge is -2.33. The summed E-state index contributed by atoms with van der Waals surface area (Å²) >= 11 is 0. The van der Waals surface area contributed by atoms with E-state index in [1.807, 2.05) is 0 Å². The molecule has 0 radical (unpaired) electrons. The summed E-state index contributed by atoms with van der Waals surface area (Å²) in [4.78, 5) is 258. The fourth-order valence-electron chi connectivity index (χ4n) is 16.7. The van der Waals surface area contributed by atoms with Gasteiger partial charge in [-0.3, -0.25) is 92.3 Å². The van der Waals surface area contributed by atoms with Crippen LogP contribution in [0, 0.1) is 34.5 Å². The van der Waals surface area contributed by atoms with Crippen LogP contribution in [0.5, 0.6) is 23.0 Å². The normalized spacial score (nSPS) is 23.1. The van der Waals surface area contributed by atoms with Gasteiger partial charge in [0.15, 0.2) is 11.9 Å². The highest BCUT2D eigenvalue weighted by molar-refractivity contribution is 6.02. The Kier molecular flexibility index (Phi) is 45.5. The van der Waals surface area contributed by atoms with E-state index in [4.69, 9.17) is 33.8 Å². The number of rotatable bonds is 29.